The quantitative estimate of drug-likeness (QED) is 0.132. The molecular weight excluding hydrogens is 519 g/mol. The van der Waals surface area contributed by atoms with Crippen LogP contribution in [0.4, 0.5) is 89.2 Å². The maximum Gasteiger partial charge on any atom is 0.460 e. The molecule has 1 aromatic carbocycles. The molecule has 0 N–H and O–H groups in total. The molecule has 32 heavy (non-hydrogen) atoms. The van der Waals surface area contributed by atoms with Gasteiger partial charge in [-0.1, -0.05) is 4.48 Å². The van der Waals surface area contributed by atoms with Crippen LogP contribution < -0.4 is 5.12 Å². The average molecular weight is 519 g/mol. The Morgan fingerprint density at radius 2 is 0.688 bits per heavy atom. The second-order valence-electron chi connectivity index (χ2n) is 5.54. The molecule has 0 heterocycles. The monoisotopic (exact) mass is 519 g/mol. The van der Waals surface area contributed by atoms with Gasteiger partial charge in [0.1, 0.15) is 0 Å². The van der Waals surface area contributed by atoms with Crippen LogP contribution in [0, 0.1) is 29.1 Å². The third-order valence-corrected chi connectivity index (χ3v) is 3.55. The lowest BCUT2D eigenvalue weighted by Crippen LogP contribution is -2.72. The molecule has 1 aromatic rings. The molecule has 1 nitrogen and oxygen atoms in total. The van der Waals surface area contributed by atoms with E-state index in [0.29, 0.717) is 0 Å². The molecule has 0 aliphatic rings. The first-order valence-electron chi connectivity index (χ1n) is 6.77. The topological polar surface area (TPSA) is 3.24 Å². The zero-order valence-electron chi connectivity index (χ0n) is 13.6. The number of benzene rings is 1. The average Bonchev–Trinajstić information content (AvgIpc) is 2.63. The molecule has 0 atom stereocenters. The van der Waals surface area contributed by atoms with Gasteiger partial charge in [-0.05, 0) is 0 Å². The van der Waals surface area contributed by atoms with Crippen molar-refractivity contribution in [3.05, 3.63) is 29.1 Å². The summed E-state index contributed by atoms with van der Waals surface area (Å²) in [6.07, 6.45) is -7.79. The lowest BCUT2D eigenvalue weighted by molar-refractivity contribution is -0.441. The molecular formula is C12F19N. The number of halogens is 19. The van der Waals surface area contributed by atoms with E-state index in [4.69, 9.17) is 0 Å². The fourth-order valence-electron chi connectivity index (χ4n) is 1.79. The van der Waals surface area contributed by atoms with Crippen molar-refractivity contribution in [1.82, 2.24) is 0 Å². The highest BCUT2D eigenvalue weighted by atomic mass is 19.4. The predicted octanol–water partition coefficient (Wildman–Crippen LogP) is 6.77. The molecule has 0 saturated heterocycles. The van der Waals surface area contributed by atoms with Crippen LogP contribution in [0.15, 0.2) is 0 Å². The number of nitrogens with zero attached hydrogens (tertiary/aromatic N) is 1. The summed E-state index contributed by atoms with van der Waals surface area (Å²) in [5, 5.41) is -3.72. The largest absolute Gasteiger partial charge is 0.460 e. The highest BCUT2D eigenvalue weighted by Crippen LogP contribution is 2.61. The Balaban J connectivity index is 3.77. The maximum atomic E-state index is 13.6. The van der Waals surface area contributed by atoms with Gasteiger partial charge in [0.15, 0.2) is 29.0 Å². The van der Waals surface area contributed by atoms with E-state index in [0.717, 1.165) is 0 Å². The summed E-state index contributed by atoms with van der Waals surface area (Å²) in [6, 6.07) is -7.93. The van der Waals surface area contributed by atoms with Gasteiger partial charge in [0, 0.05) is 0 Å². The second kappa shape index (κ2) is 7.35. The molecule has 0 spiro atoms. The summed E-state index contributed by atoms with van der Waals surface area (Å²) in [6.45, 7) is 0. The van der Waals surface area contributed by atoms with Crippen molar-refractivity contribution in [2.24, 2.45) is 0 Å². The van der Waals surface area contributed by atoms with E-state index >= 15 is 0 Å². The Labute approximate surface area is 160 Å². The van der Waals surface area contributed by atoms with E-state index in [1.54, 1.807) is 0 Å². The van der Waals surface area contributed by atoms with Crippen molar-refractivity contribution < 1.29 is 83.5 Å². The SMILES string of the molecule is Fc1c(F)c(F)c(N(F)C(F)(F)C(F)(F)C(F)(F)C(F)(F)C(F)(F)C(F)(F)F)c(F)c1F. The molecule has 0 aromatic heterocycles. The van der Waals surface area contributed by atoms with Crippen molar-refractivity contribution in [2.75, 3.05) is 5.12 Å². The van der Waals surface area contributed by atoms with E-state index in [1.165, 1.54) is 0 Å². The molecule has 0 saturated carbocycles. The minimum absolute atomic E-state index is 3.24. The van der Waals surface area contributed by atoms with E-state index in [1.807, 2.05) is 0 Å². The first kappa shape index (κ1) is 27.7. The van der Waals surface area contributed by atoms with Crippen LogP contribution in [0.3, 0.4) is 0 Å². The van der Waals surface area contributed by atoms with Gasteiger partial charge < -0.3 is 0 Å². The van der Waals surface area contributed by atoms with Gasteiger partial charge >= 0.3 is 35.9 Å². The number of rotatable bonds is 6. The van der Waals surface area contributed by atoms with Gasteiger partial charge in [0.25, 0.3) is 0 Å². The number of anilines is 1. The summed E-state index contributed by atoms with van der Waals surface area (Å²) in [5.41, 5.74) is -3.80. The Morgan fingerprint density at radius 1 is 0.406 bits per heavy atom. The van der Waals surface area contributed by atoms with E-state index in [2.05, 4.69) is 0 Å². The van der Waals surface area contributed by atoms with Gasteiger partial charge in [-0.15, -0.1) is 5.12 Å². The fraction of sp³-hybridized carbons (Fsp3) is 0.500. The smallest absolute Gasteiger partial charge is 0.201 e. The minimum Gasteiger partial charge on any atom is -0.201 e. The second-order valence-corrected chi connectivity index (χ2v) is 5.54. The van der Waals surface area contributed by atoms with Gasteiger partial charge in [-0.2, -0.15) is 57.1 Å². The van der Waals surface area contributed by atoms with Crippen molar-refractivity contribution in [1.29, 1.82) is 0 Å². The molecule has 0 radical (unpaired) electrons. The van der Waals surface area contributed by atoms with Gasteiger partial charge in [-0.3, -0.25) is 0 Å². The first-order valence-corrected chi connectivity index (χ1v) is 6.77. The van der Waals surface area contributed by atoms with E-state index in [9.17, 15) is 83.5 Å². The Morgan fingerprint density at radius 3 is 1.00 bits per heavy atom. The standard InChI is InChI=1S/C12F19N/c13-1-2(14)4(16)6(5(17)3(1)15)32(31)12(29,30)10(24,25)8(20,21)7(18,19)9(22,23)11(26,27)28. The lowest BCUT2D eigenvalue weighted by atomic mass is 9.96. The van der Waals surface area contributed by atoms with Gasteiger partial charge in [-0.25, -0.2) is 22.0 Å². The molecule has 20 heteroatoms. The van der Waals surface area contributed by atoms with Crippen LogP contribution in [-0.4, -0.2) is 35.9 Å². The molecule has 0 bridgehead atoms. The molecule has 0 aliphatic heterocycles. The zero-order chi connectivity index (χ0) is 26.0. The normalized spacial score (nSPS) is 14.7. The maximum absolute atomic E-state index is 13.6. The summed E-state index contributed by atoms with van der Waals surface area (Å²) in [4.78, 5) is 0. The lowest BCUT2D eigenvalue weighted by Gasteiger charge is -2.40. The zero-order valence-corrected chi connectivity index (χ0v) is 13.6. The third-order valence-electron chi connectivity index (χ3n) is 3.55. The molecule has 1 rings (SSSR count). The van der Waals surface area contributed by atoms with Crippen molar-refractivity contribution in [3.63, 3.8) is 0 Å². The number of hydrogen-bond donors (Lipinski definition) is 0. The van der Waals surface area contributed by atoms with Crippen LogP contribution in [0.25, 0.3) is 0 Å². The van der Waals surface area contributed by atoms with Crippen LogP contribution in [0.5, 0.6) is 0 Å². The van der Waals surface area contributed by atoms with Crippen molar-refractivity contribution in [3.8, 4) is 0 Å². The Bertz CT molecular complexity index is 854. The fourth-order valence-corrected chi connectivity index (χ4v) is 1.79. The highest BCUT2D eigenvalue weighted by Gasteiger charge is 2.92. The number of hydrogen-bond acceptors (Lipinski definition) is 1. The highest BCUT2D eigenvalue weighted by molar-refractivity contribution is 5.50. The first-order chi connectivity index (χ1) is 13.8. The molecule has 186 valence electrons. The van der Waals surface area contributed by atoms with E-state index < -0.39 is 75.8 Å². The van der Waals surface area contributed by atoms with Crippen LogP contribution >= 0.6 is 0 Å². The third kappa shape index (κ3) is 3.35. The van der Waals surface area contributed by atoms with Crippen LogP contribution in [0.1, 0.15) is 0 Å². The van der Waals surface area contributed by atoms with E-state index in [-0.39, 0.29) is 0 Å². The summed E-state index contributed by atoms with van der Waals surface area (Å²) in [5.74, 6) is -51.2. The van der Waals surface area contributed by atoms with Crippen LogP contribution in [-0.2, 0) is 0 Å². The Kier molecular flexibility index (Phi) is 6.37. The van der Waals surface area contributed by atoms with Gasteiger partial charge in [0.05, 0.1) is 0 Å². The van der Waals surface area contributed by atoms with Crippen molar-refractivity contribution in [2.45, 2.75) is 35.9 Å². The molecule has 0 fully saturated rings. The summed E-state index contributed by atoms with van der Waals surface area (Å²) >= 11 is 0. The molecule has 0 unspecified atom stereocenters. The molecule has 0 amide bonds. The van der Waals surface area contributed by atoms with Gasteiger partial charge in [0.2, 0.25) is 5.82 Å². The predicted molar refractivity (Wildman–Crippen MR) is 60.6 cm³/mol. The van der Waals surface area contributed by atoms with Crippen LogP contribution in [0.2, 0.25) is 0 Å². The minimum atomic E-state index is -8.57. The number of alkyl halides is 13. The molecule has 0 aliphatic carbocycles. The van der Waals surface area contributed by atoms with Crippen molar-refractivity contribution >= 4 is 5.69 Å². The summed E-state index contributed by atoms with van der Waals surface area (Å²) < 4.78 is 246. The summed E-state index contributed by atoms with van der Waals surface area (Å²) in [7, 11) is 0. The Hall–Kier alpha value is -2.31.